The third-order valence-electron chi connectivity index (χ3n) is 5.49. The number of rotatable bonds is 5. The largest absolute Gasteiger partial charge is 0.496 e. The van der Waals surface area contributed by atoms with Crippen molar-refractivity contribution < 1.29 is 9.53 Å². The molecule has 1 fully saturated rings. The Morgan fingerprint density at radius 2 is 1.96 bits per heavy atom. The molecule has 1 aromatic rings. The number of nitrogens with zero attached hydrogens (tertiary/aromatic N) is 1. The summed E-state index contributed by atoms with van der Waals surface area (Å²) in [5.41, 5.74) is 1.92. The predicted molar refractivity (Wildman–Crippen MR) is 105 cm³/mol. The number of amides is 1. The summed E-state index contributed by atoms with van der Waals surface area (Å²) in [5, 5.41) is 3.19. The van der Waals surface area contributed by atoms with Crippen LogP contribution in [0.5, 0.6) is 0 Å². The molecule has 1 amide bonds. The van der Waals surface area contributed by atoms with Gasteiger partial charge in [-0.3, -0.25) is 4.79 Å². The van der Waals surface area contributed by atoms with Crippen LogP contribution in [0.1, 0.15) is 24.8 Å². The molecule has 0 atom stereocenters. The summed E-state index contributed by atoms with van der Waals surface area (Å²) in [4.78, 5) is 15.2. The number of carbonyl (C=O) groups is 1. The first-order valence-corrected chi connectivity index (χ1v) is 9.28. The van der Waals surface area contributed by atoms with E-state index in [1.54, 1.807) is 7.11 Å². The number of nitrogens with one attached hydrogen (secondary N) is 1. The van der Waals surface area contributed by atoms with Gasteiger partial charge >= 0.3 is 0 Å². The zero-order chi connectivity index (χ0) is 18.4. The van der Waals surface area contributed by atoms with E-state index in [2.05, 4.69) is 41.5 Å². The first kappa shape index (κ1) is 18.5. The van der Waals surface area contributed by atoms with Crippen LogP contribution in [-0.2, 0) is 14.9 Å². The Balaban J connectivity index is 1.76. The van der Waals surface area contributed by atoms with E-state index in [-0.39, 0.29) is 11.3 Å². The number of piperidine rings is 1. The van der Waals surface area contributed by atoms with Gasteiger partial charge in [0, 0.05) is 12.0 Å². The van der Waals surface area contributed by atoms with Crippen molar-refractivity contribution in [3.05, 3.63) is 71.5 Å². The lowest BCUT2D eigenvalue weighted by molar-refractivity contribution is -0.117. The zero-order valence-corrected chi connectivity index (χ0v) is 15.7. The fourth-order valence-corrected chi connectivity index (χ4v) is 3.74. The van der Waals surface area contributed by atoms with Crippen molar-refractivity contribution in [2.45, 2.75) is 24.7 Å². The summed E-state index contributed by atoms with van der Waals surface area (Å²) < 4.78 is 5.39. The normalized spacial score (nSPS) is 19.9. The number of methoxy groups -OCH3 is 1. The van der Waals surface area contributed by atoms with E-state index in [0.29, 0.717) is 17.9 Å². The molecule has 0 radical (unpaired) electrons. The van der Waals surface area contributed by atoms with Gasteiger partial charge in [-0.1, -0.05) is 48.6 Å². The molecule has 2 aliphatic rings. The Morgan fingerprint density at radius 3 is 2.65 bits per heavy atom. The van der Waals surface area contributed by atoms with Crippen LogP contribution in [0.15, 0.2) is 66.0 Å². The van der Waals surface area contributed by atoms with Crippen LogP contribution in [-0.4, -0.2) is 44.6 Å². The molecule has 4 heteroatoms. The van der Waals surface area contributed by atoms with Crippen LogP contribution >= 0.6 is 0 Å². The summed E-state index contributed by atoms with van der Waals surface area (Å²) in [6.07, 6.45) is 10.5. The second-order valence-electron chi connectivity index (χ2n) is 7.15. The van der Waals surface area contributed by atoms with Crippen LogP contribution in [0.25, 0.3) is 0 Å². The average Bonchev–Trinajstić information content (AvgIpc) is 2.94. The highest BCUT2D eigenvalue weighted by molar-refractivity contribution is 5.97. The van der Waals surface area contributed by atoms with E-state index in [0.717, 1.165) is 32.4 Å². The molecule has 4 nitrogen and oxygen atoms in total. The lowest BCUT2D eigenvalue weighted by Gasteiger charge is -2.41. The molecule has 138 valence electrons. The summed E-state index contributed by atoms with van der Waals surface area (Å²) in [6, 6.07) is 10.6. The van der Waals surface area contributed by atoms with E-state index in [4.69, 9.17) is 4.74 Å². The molecule has 1 saturated heterocycles. The molecular formula is C22H28N2O2. The van der Waals surface area contributed by atoms with E-state index >= 15 is 0 Å². The minimum Gasteiger partial charge on any atom is -0.496 e. The van der Waals surface area contributed by atoms with E-state index in [1.165, 1.54) is 5.56 Å². The van der Waals surface area contributed by atoms with Crippen molar-refractivity contribution in [2.24, 2.45) is 0 Å². The lowest BCUT2D eigenvalue weighted by Crippen LogP contribution is -2.48. The van der Waals surface area contributed by atoms with Crippen LogP contribution in [0, 0.1) is 0 Å². The van der Waals surface area contributed by atoms with E-state index in [1.807, 2.05) is 30.4 Å². The first-order chi connectivity index (χ1) is 12.6. The number of likely N-dealkylation sites (tertiary alicyclic amines) is 1. The molecule has 0 aromatic heterocycles. The van der Waals surface area contributed by atoms with Gasteiger partial charge in [0.25, 0.3) is 5.91 Å². The molecule has 1 heterocycles. The second kappa shape index (κ2) is 8.37. The van der Waals surface area contributed by atoms with Gasteiger partial charge in [-0.2, -0.15) is 0 Å². The first-order valence-electron chi connectivity index (χ1n) is 9.28. The van der Waals surface area contributed by atoms with E-state index < -0.39 is 0 Å². The molecule has 0 bridgehead atoms. The monoisotopic (exact) mass is 352 g/mol. The number of hydrogen-bond acceptors (Lipinski definition) is 3. The molecular weight excluding hydrogens is 324 g/mol. The maximum absolute atomic E-state index is 12.9. The van der Waals surface area contributed by atoms with Crippen molar-refractivity contribution in [3.8, 4) is 0 Å². The predicted octanol–water partition coefficient (Wildman–Crippen LogP) is 3.18. The fraction of sp³-hybridized carbons (Fsp3) is 0.409. The van der Waals surface area contributed by atoms with Gasteiger partial charge in [-0.05, 0) is 51.0 Å². The molecule has 1 aliphatic carbocycles. The topological polar surface area (TPSA) is 41.6 Å². The Kier molecular flexibility index (Phi) is 5.94. The van der Waals surface area contributed by atoms with Crippen molar-refractivity contribution in [3.63, 3.8) is 0 Å². The minimum absolute atomic E-state index is 0.0100. The van der Waals surface area contributed by atoms with Crippen LogP contribution in [0.4, 0.5) is 0 Å². The van der Waals surface area contributed by atoms with Crippen LogP contribution < -0.4 is 5.32 Å². The lowest BCUT2D eigenvalue weighted by atomic mass is 9.72. The molecule has 0 unspecified atom stereocenters. The smallest absolute Gasteiger partial charge is 0.254 e. The summed E-state index contributed by atoms with van der Waals surface area (Å²) >= 11 is 0. The van der Waals surface area contributed by atoms with Gasteiger partial charge in [0.15, 0.2) is 0 Å². The van der Waals surface area contributed by atoms with Crippen LogP contribution in [0.3, 0.4) is 0 Å². The minimum atomic E-state index is -0.0592. The quantitative estimate of drug-likeness (QED) is 0.885. The number of benzene rings is 1. The summed E-state index contributed by atoms with van der Waals surface area (Å²) in [6.45, 7) is 2.73. The van der Waals surface area contributed by atoms with Crippen molar-refractivity contribution in [2.75, 3.05) is 33.8 Å². The van der Waals surface area contributed by atoms with Crippen LogP contribution in [0.2, 0.25) is 0 Å². The van der Waals surface area contributed by atoms with Gasteiger partial charge in [-0.15, -0.1) is 0 Å². The SMILES string of the molecule is COC1=CC=CCC=C1C(=O)NCC1(c2ccccc2)CCN(C)CC1. The third-order valence-corrected chi connectivity index (χ3v) is 5.49. The number of ether oxygens (including phenoxy) is 1. The summed E-state index contributed by atoms with van der Waals surface area (Å²) in [7, 11) is 3.76. The van der Waals surface area contributed by atoms with Gasteiger partial charge in [0.2, 0.25) is 0 Å². The molecule has 1 N–H and O–H groups in total. The number of hydrogen-bond donors (Lipinski definition) is 1. The highest BCUT2D eigenvalue weighted by atomic mass is 16.5. The molecule has 3 rings (SSSR count). The summed E-state index contributed by atoms with van der Waals surface area (Å²) in [5.74, 6) is 0.560. The number of allylic oxidation sites excluding steroid dienone is 4. The maximum atomic E-state index is 12.9. The molecule has 0 saturated carbocycles. The Bertz CT molecular complexity index is 711. The number of carbonyl (C=O) groups excluding carboxylic acids is 1. The molecule has 26 heavy (non-hydrogen) atoms. The molecule has 1 aliphatic heterocycles. The van der Waals surface area contributed by atoms with Crippen molar-refractivity contribution in [1.29, 1.82) is 0 Å². The Hall–Kier alpha value is -2.33. The third kappa shape index (κ3) is 4.07. The van der Waals surface area contributed by atoms with Crippen molar-refractivity contribution >= 4 is 5.91 Å². The van der Waals surface area contributed by atoms with Gasteiger partial charge in [0.1, 0.15) is 5.76 Å². The highest BCUT2D eigenvalue weighted by Crippen LogP contribution is 2.34. The van der Waals surface area contributed by atoms with Crippen molar-refractivity contribution in [1.82, 2.24) is 10.2 Å². The Labute approximate surface area is 156 Å². The molecule has 1 aromatic carbocycles. The maximum Gasteiger partial charge on any atom is 0.254 e. The van der Waals surface area contributed by atoms with E-state index in [9.17, 15) is 4.79 Å². The van der Waals surface area contributed by atoms with Gasteiger partial charge in [0.05, 0.1) is 12.7 Å². The van der Waals surface area contributed by atoms with Gasteiger partial charge in [-0.25, -0.2) is 0 Å². The zero-order valence-electron chi connectivity index (χ0n) is 15.7. The standard InChI is InChI=1S/C22H28N2O2/c1-24-15-13-22(14-16-24,18-9-5-3-6-10-18)17-23-21(25)19-11-7-4-8-12-20(19)26-2/h3-6,8-12H,7,13-17H2,1-2H3,(H,23,25). The molecule has 0 spiro atoms. The average molecular weight is 352 g/mol. The highest BCUT2D eigenvalue weighted by Gasteiger charge is 2.36. The van der Waals surface area contributed by atoms with Gasteiger partial charge < -0.3 is 15.0 Å². The second-order valence-corrected chi connectivity index (χ2v) is 7.15. The Morgan fingerprint density at radius 1 is 1.23 bits per heavy atom. The fourth-order valence-electron chi connectivity index (χ4n) is 3.74.